The SMILES string of the molecule is C[C@@H](Cc1ccccc1)C1CN(c2ccc(C#N)c(C(F)(F)F)c2)[C@@H](C(F)(F)F)O1. The molecule has 1 saturated heterocycles. The lowest BCUT2D eigenvalue weighted by Crippen LogP contribution is -2.42. The first-order valence-electron chi connectivity index (χ1n) is 9.15. The van der Waals surface area contributed by atoms with Crippen LogP contribution in [-0.2, 0) is 17.3 Å². The maximum Gasteiger partial charge on any atom is 0.433 e. The van der Waals surface area contributed by atoms with E-state index in [0.29, 0.717) is 12.5 Å². The maximum absolute atomic E-state index is 13.6. The van der Waals surface area contributed by atoms with Crippen LogP contribution in [0.2, 0.25) is 0 Å². The number of benzene rings is 2. The van der Waals surface area contributed by atoms with Crippen molar-refractivity contribution in [2.45, 2.75) is 38.0 Å². The monoisotopic (exact) mass is 428 g/mol. The van der Waals surface area contributed by atoms with Gasteiger partial charge >= 0.3 is 12.4 Å². The van der Waals surface area contributed by atoms with Crippen molar-refractivity contribution >= 4 is 5.69 Å². The number of ether oxygens (including phenoxy) is 1. The smallest absolute Gasteiger partial charge is 0.344 e. The fourth-order valence-corrected chi connectivity index (χ4v) is 3.54. The van der Waals surface area contributed by atoms with E-state index in [1.54, 1.807) is 6.92 Å². The summed E-state index contributed by atoms with van der Waals surface area (Å²) in [5, 5.41) is 8.91. The molecule has 0 radical (unpaired) electrons. The number of rotatable bonds is 4. The molecule has 2 aromatic rings. The summed E-state index contributed by atoms with van der Waals surface area (Å²) >= 11 is 0. The number of anilines is 1. The molecule has 9 heteroatoms. The number of halogens is 6. The Morgan fingerprint density at radius 3 is 2.33 bits per heavy atom. The molecule has 1 aliphatic heterocycles. The van der Waals surface area contributed by atoms with Crippen LogP contribution in [0.5, 0.6) is 0 Å². The maximum atomic E-state index is 13.6. The third-order valence-electron chi connectivity index (χ3n) is 5.04. The molecule has 0 saturated carbocycles. The Balaban J connectivity index is 1.90. The molecule has 1 fully saturated rings. The van der Waals surface area contributed by atoms with Gasteiger partial charge in [-0.05, 0) is 36.1 Å². The van der Waals surface area contributed by atoms with Crippen LogP contribution in [0.15, 0.2) is 48.5 Å². The fourth-order valence-electron chi connectivity index (χ4n) is 3.54. The van der Waals surface area contributed by atoms with E-state index in [9.17, 15) is 26.3 Å². The van der Waals surface area contributed by atoms with Gasteiger partial charge in [0.15, 0.2) is 0 Å². The van der Waals surface area contributed by atoms with E-state index in [1.165, 1.54) is 6.07 Å². The minimum absolute atomic E-state index is 0.221. The van der Waals surface area contributed by atoms with Crippen LogP contribution >= 0.6 is 0 Å². The highest BCUT2D eigenvalue weighted by Crippen LogP contribution is 2.40. The molecule has 3 rings (SSSR count). The van der Waals surface area contributed by atoms with Crippen LogP contribution in [-0.4, -0.2) is 25.1 Å². The molecular weight excluding hydrogens is 410 g/mol. The predicted molar refractivity (Wildman–Crippen MR) is 97.5 cm³/mol. The highest BCUT2D eigenvalue weighted by Gasteiger charge is 2.52. The molecule has 0 bridgehead atoms. The number of hydrogen-bond acceptors (Lipinski definition) is 3. The van der Waals surface area contributed by atoms with E-state index in [2.05, 4.69) is 0 Å². The molecule has 1 unspecified atom stereocenters. The Bertz CT molecular complexity index is 920. The molecule has 0 aliphatic carbocycles. The Labute approximate surface area is 169 Å². The van der Waals surface area contributed by atoms with Crippen molar-refractivity contribution in [1.82, 2.24) is 0 Å². The summed E-state index contributed by atoms with van der Waals surface area (Å²) in [7, 11) is 0. The molecule has 0 N–H and O–H groups in total. The first-order chi connectivity index (χ1) is 14.0. The van der Waals surface area contributed by atoms with E-state index < -0.39 is 35.8 Å². The van der Waals surface area contributed by atoms with Gasteiger partial charge in [-0.15, -0.1) is 0 Å². The zero-order chi connectivity index (χ0) is 22.1. The Morgan fingerprint density at radius 1 is 1.10 bits per heavy atom. The van der Waals surface area contributed by atoms with E-state index in [0.717, 1.165) is 22.6 Å². The van der Waals surface area contributed by atoms with Crippen LogP contribution in [0.25, 0.3) is 0 Å². The van der Waals surface area contributed by atoms with Crippen LogP contribution in [0.1, 0.15) is 23.6 Å². The molecule has 160 valence electrons. The third-order valence-corrected chi connectivity index (χ3v) is 5.04. The molecule has 0 spiro atoms. The normalized spacial score (nSPS) is 20.8. The highest BCUT2D eigenvalue weighted by atomic mass is 19.4. The molecule has 0 amide bonds. The van der Waals surface area contributed by atoms with E-state index in [-0.39, 0.29) is 18.2 Å². The second kappa shape index (κ2) is 8.19. The van der Waals surface area contributed by atoms with Gasteiger partial charge in [0.25, 0.3) is 0 Å². The summed E-state index contributed by atoms with van der Waals surface area (Å²) in [5.41, 5.74) is -1.29. The van der Waals surface area contributed by atoms with Gasteiger partial charge in [-0.25, -0.2) is 0 Å². The summed E-state index contributed by atoms with van der Waals surface area (Å²) in [6, 6.07) is 13.1. The van der Waals surface area contributed by atoms with Crippen molar-refractivity contribution in [2.75, 3.05) is 11.4 Å². The topological polar surface area (TPSA) is 36.3 Å². The lowest BCUT2D eigenvalue weighted by atomic mass is 9.95. The second-order valence-electron chi connectivity index (χ2n) is 7.23. The van der Waals surface area contributed by atoms with Gasteiger partial charge in [0.05, 0.1) is 23.3 Å². The third kappa shape index (κ3) is 4.70. The van der Waals surface area contributed by atoms with Crippen molar-refractivity contribution in [2.24, 2.45) is 5.92 Å². The quantitative estimate of drug-likeness (QED) is 0.599. The van der Waals surface area contributed by atoms with Crippen LogP contribution in [0, 0.1) is 17.2 Å². The first kappa shape index (κ1) is 22.0. The summed E-state index contributed by atoms with van der Waals surface area (Å²) in [6.45, 7) is 1.52. The average Bonchev–Trinajstić information content (AvgIpc) is 3.14. The molecule has 0 aromatic heterocycles. The van der Waals surface area contributed by atoms with Crippen molar-refractivity contribution in [1.29, 1.82) is 5.26 Å². The van der Waals surface area contributed by atoms with Crippen LogP contribution < -0.4 is 4.90 Å². The molecule has 2 aromatic carbocycles. The van der Waals surface area contributed by atoms with Crippen molar-refractivity contribution < 1.29 is 31.1 Å². The van der Waals surface area contributed by atoms with Crippen molar-refractivity contribution in [3.63, 3.8) is 0 Å². The van der Waals surface area contributed by atoms with Crippen LogP contribution in [0.3, 0.4) is 0 Å². The highest BCUT2D eigenvalue weighted by molar-refractivity contribution is 5.56. The van der Waals surface area contributed by atoms with Gasteiger partial charge in [-0.2, -0.15) is 31.6 Å². The molecule has 1 heterocycles. The lowest BCUT2D eigenvalue weighted by Gasteiger charge is -2.27. The van der Waals surface area contributed by atoms with Gasteiger partial charge in [-0.1, -0.05) is 37.3 Å². The van der Waals surface area contributed by atoms with Crippen molar-refractivity contribution in [3.05, 3.63) is 65.2 Å². The molecule has 3 atom stereocenters. The van der Waals surface area contributed by atoms with Gasteiger partial charge in [0.1, 0.15) is 0 Å². The average molecular weight is 428 g/mol. The van der Waals surface area contributed by atoms with Crippen LogP contribution in [0.4, 0.5) is 32.0 Å². The summed E-state index contributed by atoms with van der Waals surface area (Å²) in [4.78, 5) is 0.780. The zero-order valence-corrected chi connectivity index (χ0v) is 15.8. The number of nitrogens with zero attached hydrogens (tertiary/aromatic N) is 2. The standard InChI is InChI=1S/C21H18F6N2O/c1-13(9-14-5-3-2-4-6-14)18-12-29(19(30-18)21(25,26)27)16-8-7-15(11-28)17(10-16)20(22,23)24/h2-8,10,13,18-19H,9,12H2,1H3/t13-,18?,19+/m0/s1. The summed E-state index contributed by atoms with van der Waals surface area (Å²) < 4.78 is 85.8. The summed E-state index contributed by atoms with van der Waals surface area (Å²) in [6.07, 6.45) is -12.4. The number of alkyl halides is 6. The molecular formula is C21H18F6N2O. The fraction of sp³-hybridized carbons (Fsp3) is 0.381. The zero-order valence-electron chi connectivity index (χ0n) is 15.8. The minimum atomic E-state index is -4.87. The molecule has 30 heavy (non-hydrogen) atoms. The van der Waals surface area contributed by atoms with Gasteiger partial charge < -0.3 is 9.64 Å². The van der Waals surface area contributed by atoms with Gasteiger partial charge in [-0.3, -0.25) is 0 Å². The van der Waals surface area contributed by atoms with E-state index in [1.807, 2.05) is 30.3 Å². The Hall–Kier alpha value is -2.73. The number of nitriles is 1. The van der Waals surface area contributed by atoms with Gasteiger partial charge in [0, 0.05) is 12.2 Å². The molecule has 1 aliphatic rings. The lowest BCUT2D eigenvalue weighted by molar-refractivity contribution is -0.216. The Kier molecular flexibility index (Phi) is 5.99. The Morgan fingerprint density at radius 2 is 1.77 bits per heavy atom. The molecule has 3 nitrogen and oxygen atoms in total. The van der Waals surface area contributed by atoms with E-state index >= 15 is 0 Å². The minimum Gasteiger partial charge on any atom is -0.344 e. The predicted octanol–water partition coefficient (Wildman–Crippen LogP) is 5.55. The summed E-state index contributed by atoms with van der Waals surface area (Å²) in [5.74, 6) is -0.303. The second-order valence-corrected chi connectivity index (χ2v) is 7.23. The largest absolute Gasteiger partial charge is 0.433 e. The number of hydrogen-bond donors (Lipinski definition) is 0. The first-order valence-corrected chi connectivity index (χ1v) is 9.15. The van der Waals surface area contributed by atoms with E-state index in [4.69, 9.17) is 10.00 Å². The van der Waals surface area contributed by atoms with Gasteiger partial charge in [0.2, 0.25) is 6.23 Å². The van der Waals surface area contributed by atoms with Crippen molar-refractivity contribution in [3.8, 4) is 6.07 Å².